The van der Waals surface area contributed by atoms with Gasteiger partial charge in [0, 0.05) is 48.5 Å². The van der Waals surface area contributed by atoms with Crippen molar-refractivity contribution < 1.29 is 14.7 Å². The number of benzene rings is 3. The van der Waals surface area contributed by atoms with Crippen LogP contribution in [-0.4, -0.2) is 54.2 Å². The Morgan fingerprint density at radius 3 is 2.21 bits per heavy atom. The van der Waals surface area contributed by atoms with Crippen LogP contribution in [0.5, 0.6) is 0 Å². The molecule has 0 aromatic heterocycles. The predicted molar refractivity (Wildman–Crippen MR) is 171 cm³/mol. The molecule has 0 spiro atoms. The molecule has 0 unspecified atom stereocenters. The van der Waals surface area contributed by atoms with Gasteiger partial charge in [-0.2, -0.15) is 0 Å². The van der Waals surface area contributed by atoms with E-state index in [0.717, 1.165) is 42.6 Å². The molecule has 0 aliphatic carbocycles. The number of aliphatic hydroxyl groups excluding tert-OH is 1. The van der Waals surface area contributed by atoms with Crippen LogP contribution >= 0.6 is 0 Å². The summed E-state index contributed by atoms with van der Waals surface area (Å²) in [7, 11) is 0. The number of amides is 2. The van der Waals surface area contributed by atoms with E-state index < -0.39 is 12.1 Å². The SMILES string of the molecule is CCNc1cc(C(=O)N[C@@H](Cc2ccccc2)[C@H](O)CNC(CC)(CC)Cc2ccccc2)cc(N2CCCC2=O)c1. The number of aliphatic hydroxyl groups is 1. The number of nitrogens with one attached hydrogen (secondary N) is 3. The molecule has 2 amide bonds. The molecule has 7 heteroatoms. The number of hydrogen-bond donors (Lipinski definition) is 4. The maximum atomic E-state index is 13.7. The van der Waals surface area contributed by atoms with Crippen molar-refractivity contribution in [1.82, 2.24) is 10.6 Å². The van der Waals surface area contributed by atoms with Crippen LogP contribution in [0.3, 0.4) is 0 Å². The van der Waals surface area contributed by atoms with Crippen LogP contribution in [-0.2, 0) is 17.6 Å². The summed E-state index contributed by atoms with van der Waals surface area (Å²) < 4.78 is 0. The molecular weight excluding hydrogens is 524 g/mol. The van der Waals surface area contributed by atoms with Gasteiger partial charge in [-0.05, 0) is 68.4 Å². The van der Waals surface area contributed by atoms with Crippen molar-refractivity contribution in [3.8, 4) is 0 Å². The van der Waals surface area contributed by atoms with Gasteiger partial charge in [-0.25, -0.2) is 0 Å². The van der Waals surface area contributed by atoms with E-state index in [9.17, 15) is 14.7 Å². The summed E-state index contributed by atoms with van der Waals surface area (Å²) in [6.45, 7) is 8.04. The average Bonchev–Trinajstić information content (AvgIpc) is 3.45. The van der Waals surface area contributed by atoms with Crippen LogP contribution in [0.1, 0.15) is 67.9 Å². The smallest absolute Gasteiger partial charge is 0.251 e. The Bertz CT molecular complexity index is 1290. The molecule has 42 heavy (non-hydrogen) atoms. The molecule has 3 aromatic carbocycles. The van der Waals surface area contributed by atoms with E-state index in [1.54, 1.807) is 11.0 Å². The lowest BCUT2D eigenvalue weighted by atomic mass is 9.85. The first-order valence-electron chi connectivity index (χ1n) is 15.4. The van der Waals surface area contributed by atoms with Crippen molar-refractivity contribution in [1.29, 1.82) is 0 Å². The molecule has 224 valence electrons. The molecule has 1 heterocycles. The lowest BCUT2D eigenvalue weighted by Crippen LogP contribution is -2.54. The highest BCUT2D eigenvalue weighted by Crippen LogP contribution is 2.27. The second kappa shape index (κ2) is 15.0. The summed E-state index contributed by atoms with van der Waals surface area (Å²) in [4.78, 5) is 28.0. The van der Waals surface area contributed by atoms with Gasteiger partial charge < -0.3 is 26.0 Å². The molecule has 4 rings (SSSR count). The Morgan fingerprint density at radius 1 is 0.952 bits per heavy atom. The van der Waals surface area contributed by atoms with Gasteiger partial charge in [0.05, 0.1) is 12.1 Å². The number of hydrogen-bond acceptors (Lipinski definition) is 5. The zero-order chi connectivity index (χ0) is 30.0. The first kappa shape index (κ1) is 31.3. The predicted octanol–water partition coefficient (Wildman–Crippen LogP) is 5.34. The number of carbonyl (C=O) groups excluding carboxylic acids is 2. The molecule has 0 bridgehead atoms. The fourth-order valence-electron chi connectivity index (χ4n) is 5.79. The normalized spacial score (nSPS) is 15.0. The highest BCUT2D eigenvalue weighted by Gasteiger charge is 2.30. The molecular formula is C35H46N4O3. The minimum Gasteiger partial charge on any atom is -0.390 e. The third-order valence-corrected chi connectivity index (χ3v) is 8.45. The molecule has 1 aliphatic rings. The minimum absolute atomic E-state index is 0.0734. The van der Waals surface area contributed by atoms with Gasteiger partial charge in [-0.1, -0.05) is 74.5 Å². The Morgan fingerprint density at radius 2 is 1.62 bits per heavy atom. The van der Waals surface area contributed by atoms with Crippen molar-refractivity contribution in [2.24, 2.45) is 0 Å². The first-order chi connectivity index (χ1) is 20.4. The summed E-state index contributed by atoms with van der Waals surface area (Å²) >= 11 is 0. The maximum absolute atomic E-state index is 13.7. The first-order valence-corrected chi connectivity index (χ1v) is 15.4. The Hall–Kier alpha value is -3.68. The Balaban J connectivity index is 1.54. The zero-order valence-electron chi connectivity index (χ0n) is 25.2. The lowest BCUT2D eigenvalue weighted by Gasteiger charge is -2.36. The number of anilines is 2. The van der Waals surface area contributed by atoms with Crippen LogP contribution in [0.15, 0.2) is 78.9 Å². The van der Waals surface area contributed by atoms with Crippen molar-refractivity contribution in [3.05, 3.63) is 95.6 Å². The molecule has 1 fully saturated rings. The van der Waals surface area contributed by atoms with Crippen LogP contribution in [0.4, 0.5) is 11.4 Å². The monoisotopic (exact) mass is 570 g/mol. The highest BCUT2D eigenvalue weighted by molar-refractivity contribution is 6.00. The Labute approximate surface area is 250 Å². The highest BCUT2D eigenvalue weighted by atomic mass is 16.3. The van der Waals surface area contributed by atoms with Gasteiger partial charge in [0.2, 0.25) is 5.91 Å². The van der Waals surface area contributed by atoms with Crippen molar-refractivity contribution in [2.75, 3.05) is 29.9 Å². The van der Waals surface area contributed by atoms with E-state index in [1.807, 2.05) is 55.5 Å². The third-order valence-electron chi connectivity index (χ3n) is 8.45. The maximum Gasteiger partial charge on any atom is 0.251 e. The van der Waals surface area contributed by atoms with E-state index in [-0.39, 0.29) is 17.4 Å². The second-order valence-electron chi connectivity index (χ2n) is 11.3. The number of nitrogens with zero attached hydrogens (tertiary/aromatic N) is 1. The molecule has 1 aliphatic heterocycles. The fourth-order valence-corrected chi connectivity index (χ4v) is 5.79. The second-order valence-corrected chi connectivity index (χ2v) is 11.3. The summed E-state index contributed by atoms with van der Waals surface area (Å²) in [5.74, 6) is -0.201. The van der Waals surface area contributed by atoms with Gasteiger partial charge in [-0.3, -0.25) is 9.59 Å². The van der Waals surface area contributed by atoms with Gasteiger partial charge in [-0.15, -0.1) is 0 Å². The quantitative estimate of drug-likeness (QED) is 0.198. The standard InChI is InChI=1S/C35H46N4O3/c1-4-35(5-2,24-27-16-11-8-12-17-27)37-25-32(40)31(20-26-14-9-7-10-15-26)38-34(42)28-21-29(36-6-3)23-30(22-28)39-19-13-18-33(39)41/h7-12,14-17,21-23,31-32,36-37,40H,4-6,13,18-20,24-25H2,1-3H3,(H,38,42)/t31-,32+/m0/s1. The molecule has 2 atom stereocenters. The van der Waals surface area contributed by atoms with Gasteiger partial charge >= 0.3 is 0 Å². The van der Waals surface area contributed by atoms with Crippen LogP contribution in [0.25, 0.3) is 0 Å². The summed E-state index contributed by atoms with van der Waals surface area (Å²) in [6.07, 6.45) is 3.69. The molecule has 7 nitrogen and oxygen atoms in total. The molecule has 0 saturated carbocycles. The number of β-amino-alcohol motifs (C(OH)–C–C–N with tert-alkyl or cyclic N) is 1. The number of rotatable bonds is 15. The molecule has 0 radical (unpaired) electrons. The largest absolute Gasteiger partial charge is 0.390 e. The van der Waals surface area contributed by atoms with Gasteiger partial charge in [0.25, 0.3) is 5.91 Å². The summed E-state index contributed by atoms with van der Waals surface area (Å²) in [5.41, 5.74) is 4.10. The van der Waals surface area contributed by atoms with Gasteiger partial charge in [0.15, 0.2) is 0 Å². The Kier molecular flexibility index (Phi) is 11.2. The van der Waals surface area contributed by atoms with Crippen LogP contribution in [0, 0.1) is 0 Å². The topological polar surface area (TPSA) is 93.7 Å². The lowest BCUT2D eigenvalue weighted by molar-refractivity contribution is -0.117. The van der Waals surface area contributed by atoms with Crippen molar-refractivity contribution >= 4 is 23.2 Å². The van der Waals surface area contributed by atoms with Crippen LogP contribution in [0.2, 0.25) is 0 Å². The van der Waals surface area contributed by atoms with Crippen molar-refractivity contribution in [3.63, 3.8) is 0 Å². The van der Waals surface area contributed by atoms with Crippen molar-refractivity contribution in [2.45, 2.75) is 77.0 Å². The van der Waals surface area contributed by atoms with E-state index in [1.165, 1.54) is 5.56 Å². The fraction of sp³-hybridized carbons (Fsp3) is 0.429. The van der Waals surface area contributed by atoms with E-state index in [4.69, 9.17) is 0 Å². The third kappa shape index (κ3) is 8.20. The van der Waals surface area contributed by atoms with E-state index in [2.05, 4.69) is 54.1 Å². The average molecular weight is 571 g/mol. The molecule has 1 saturated heterocycles. The van der Waals surface area contributed by atoms with Crippen LogP contribution < -0.4 is 20.9 Å². The number of carbonyl (C=O) groups is 2. The minimum atomic E-state index is -0.820. The van der Waals surface area contributed by atoms with Gasteiger partial charge in [0.1, 0.15) is 0 Å². The zero-order valence-corrected chi connectivity index (χ0v) is 25.2. The molecule has 3 aromatic rings. The van der Waals surface area contributed by atoms with E-state index in [0.29, 0.717) is 38.0 Å². The summed E-state index contributed by atoms with van der Waals surface area (Å²) in [5, 5.41) is 21.7. The van der Waals surface area contributed by atoms with E-state index >= 15 is 0 Å². The summed E-state index contributed by atoms with van der Waals surface area (Å²) in [6, 6.07) is 25.3. The molecule has 4 N–H and O–H groups in total.